The van der Waals surface area contributed by atoms with E-state index in [-0.39, 0.29) is 6.61 Å². The number of rotatable bonds is 5. The summed E-state index contributed by atoms with van der Waals surface area (Å²) in [5.41, 5.74) is 1.71. The van der Waals surface area contributed by atoms with Gasteiger partial charge in [-0.1, -0.05) is 22.0 Å². The fourth-order valence-electron chi connectivity index (χ4n) is 1.91. The molecule has 0 aliphatic carbocycles. The lowest BCUT2D eigenvalue weighted by Gasteiger charge is -2.12. The van der Waals surface area contributed by atoms with Gasteiger partial charge in [0, 0.05) is 22.1 Å². The molecule has 2 rings (SSSR count). The van der Waals surface area contributed by atoms with Crippen LogP contribution in [0.1, 0.15) is 16.7 Å². The van der Waals surface area contributed by atoms with Gasteiger partial charge in [-0.25, -0.2) is 4.39 Å². The zero-order valence-corrected chi connectivity index (χ0v) is 13.1. The van der Waals surface area contributed by atoms with E-state index < -0.39 is 5.82 Å². The summed E-state index contributed by atoms with van der Waals surface area (Å²) in [7, 11) is 1.85. The van der Waals surface area contributed by atoms with Crippen LogP contribution in [0, 0.1) is 17.1 Å². The first kappa shape index (κ1) is 15.5. The van der Waals surface area contributed by atoms with Crippen LogP contribution in [0.3, 0.4) is 0 Å². The topological polar surface area (TPSA) is 45.0 Å². The van der Waals surface area contributed by atoms with E-state index in [4.69, 9.17) is 10.00 Å². The Morgan fingerprint density at radius 3 is 2.71 bits per heavy atom. The molecule has 0 radical (unpaired) electrons. The molecule has 0 bridgehead atoms. The maximum Gasteiger partial charge on any atom is 0.131 e. The lowest BCUT2D eigenvalue weighted by molar-refractivity contribution is 0.296. The van der Waals surface area contributed by atoms with Gasteiger partial charge in [0.2, 0.25) is 0 Å². The van der Waals surface area contributed by atoms with Gasteiger partial charge in [-0.2, -0.15) is 5.26 Å². The van der Waals surface area contributed by atoms with Gasteiger partial charge in [-0.3, -0.25) is 0 Å². The Labute approximate surface area is 131 Å². The highest BCUT2D eigenvalue weighted by atomic mass is 79.9. The van der Waals surface area contributed by atoms with Crippen molar-refractivity contribution >= 4 is 15.9 Å². The van der Waals surface area contributed by atoms with Crippen LogP contribution in [0.2, 0.25) is 0 Å². The highest BCUT2D eigenvalue weighted by Gasteiger charge is 2.08. The normalized spacial score (nSPS) is 10.2. The molecule has 0 unspecified atom stereocenters. The van der Waals surface area contributed by atoms with Crippen molar-refractivity contribution in [2.75, 3.05) is 7.05 Å². The first-order valence-corrected chi connectivity index (χ1v) is 7.17. The maximum absolute atomic E-state index is 13.8. The molecule has 108 valence electrons. The molecule has 0 atom stereocenters. The number of nitriles is 1. The van der Waals surface area contributed by atoms with Crippen LogP contribution in [0.4, 0.5) is 4.39 Å². The Kier molecular flexibility index (Phi) is 5.32. The number of ether oxygens (including phenoxy) is 1. The minimum atomic E-state index is -0.429. The molecule has 5 heteroatoms. The summed E-state index contributed by atoms with van der Waals surface area (Å²) in [6.07, 6.45) is 0. The Morgan fingerprint density at radius 1 is 1.24 bits per heavy atom. The highest BCUT2D eigenvalue weighted by molar-refractivity contribution is 9.10. The molecule has 0 aliphatic heterocycles. The van der Waals surface area contributed by atoms with E-state index in [0.717, 1.165) is 10.0 Å². The summed E-state index contributed by atoms with van der Waals surface area (Å²) < 4.78 is 20.5. The average Bonchev–Trinajstić information content (AvgIpc) is 2.48. The molecule has 3 nitrogen and oxygen atoms in total. The van der Waals surface area contributed by atoms with E-state index in [1.807, 2.05) is 31.3 Å². The minimum Gasteiger partial charge on any atom is -0.488 e. The second-order valence-corrected chi connectivity index (χ2v) is 5.40. The molecule has 2 aromatic carbocycles. The predicted molar refractivity (Wildman–Crippen MR) is 82.4 cm³/mol. The van der Waals surface area contributed by atoms with Gasteiger partial charge < -0.3 is 10.1 Å². The molecule has 0 amide bonds. The summed E-state index contributed by atoms with van der Waals surface area (Å²) in [5.74, 6) is 0.276. The molecule has 0 fully saturated rings. The monoisotopic (exact) mass is 348 g/mol. The first-order chi connectivity index (χ1) is 10.1. The van der Waals surface area contributed by atoms with E-state index in [0.29, 0.717) is 23.4 Å². The molecular formula is C16H14BrFN2O. The molecule has 21 heavy (non-hydrogen) atoms. The largest absolute Gasteiger partial charge is 0.488 e. The highest BCUT2D eigenvalue weighted by Crippen LogP contribution is 2.24. The summed E-state index contributed by atoms with van der Waals surface area (Å²) >= 11 is 3.42. The van der Waals surface area contributed by atoms with E-state index in [9.17, 15) is 4.39 Å². The molecule has 0 aliphatic rings. The molecule has 2 aromatic rings. The number of halogens is 2. The zero-order valence-electron chi connectivity index (χ0n) is 11.5. The lowest BCUT2D eigenvalue weighted by atomic mass is 10.1. The number of hydrogen-bond donors (Lipinski definition) is 1. The third kappa shape index (κ3) is 4.03. The van der Waals surface area contributed by atoms with Gasteiger partial charge in [0.05, 0.1) is 11.6 Å². The molecule has 1 N–H and O–H groups in total. The Bertz CT molecular complexity index is 682. The molecule has 0 spiro atoms. The Hall–Kier alpha value is -1.90. The standard InChI is InChI=1S/C16H14BrFN2O/c1-20-9-13-7-14(17)4-5-16(13)21-10-12-3-2-11(8-19)6-15(12)18/h2-7,20H,9-10H2,1H3. The van der Waals surface area contributed by atoms with Crippen LogP contribution in [0.25, 0.3) is 0 Å². The quantitative estimate of drug-likeness (QED) is 0.894. The van der Waals surface area contributed by atoms with Crippen molar-refractivity contribution in [2.24, 2.45) is 0 Å². The lowest BCUT2D eigenvalue weighted by Crippen LogP contribution is -2.08. The zero-order chi connectivity index (χ0) is 15.2. The smallest absolute Gasteiger partial charge is 0.131 e. The Balaban J connectivity index is 2.15. The van der Waals surface area contributed by atoms with Crippen LogP contribution in [0.5, 0.6) is 5.75 Å². The third-order valence-electron chi connectivity index (χ3n) is 2.96. The number of nitrogens with zero attached hydrogens (tertiary/aromatic N) is 1. The van der Waals surface area contributed by atoms with Crippen LogP contribution < -0.4 is 10.1 Å². The first-order valence-electron chi connectivity index (χ1n) is 6.38. The Morgan fingerprint density at radius 2 is 2.05 bits per heavy atom. The number of hydrogen-bond acceptors (Lipinski definition) is 3. The SMILES string of the molecule is CNCc1cc(Br)ccc1OCc1ccc(C#N)cc1F. The van der Waals surface area contributed by atoms with E-state index in [1.54, 1.807) is 12.1 Å². The minimum absolute atomic E-state index is 0.121. The van der Waals surface area contributed by atoms with Crippen molar-refractivity contribution in [3.05, 3.63) is 63.4 Å². The van der Waals surface area contributed by atoms with Gasteiger partial charge >= 0.3 is 0 Å². The van der Waals surface area contributed by atoms with Gasteiger partial charge in [0.1, 0.15) is 18.2 Å². The summed E-state index contributed by atoms with van der Waals surface area (Å²) in [6.45, 7) is 0.778. The fraction of sp³-hybridized carbons (Fsp3) is 0.188. The van der Waals surface area contributed by atoms with E-state index in [1.165, 1.54) is 6.07 Å². The molecular weight excluding hydrogens is 335 g/mol. The fourth-order valence-corrected chi connectivity index (χ4v) is 2.32. The summed E-state index contributed by atoms with van der Waals surface area (Å²) in [5, 5.41) is 11.8. The molecule has 0 saturated carbocycles. The van der Waals surface area contributed by atoms with Gasteiger partial charge in [-0.05, 0) is 37.4 Å². The van der Waals surface area contributed by atoms with E-state index in [2.05, 4.69) is 21.2 Å². The van der Waals surface area contributed by atoms with Crippen molar-refractivity contribution in [1.82, 2.24) is 5.32 Å². The molecule has 0 heterocycles. The summed E-state index contributed by atoms with van der Waals surface area (Å²) in [6, 6.07) is 12.0. The second kappa shape index (κ2) is 7.21. The maximum atomic E-state index is 13.8. The summed E-state index contributed by atoms with van der Waals surface area (Å²) in [4.78, 5) is 0. The van der Waals surface area contributed by atoms with Crippen LogP contribution >= 0.6 is 15.9 Å². The van der Waals surface area contributed by atoms with Crippen LogP contribution in [-0.2, 0) is 13.2 Å². The average molecular weight is 349 g/mol. The van der Waals surface area contributed by atoms with Crippen molar-refractivity contribution in [1.29, 1.82) is 5.26 Å². The van der Waals surface area contributed by atoms with Crippen molar-refractivity contribution in [3.63, 3.8) is 0 Å². The van der Waals surface area contributed by atoms with Gasteiger partial charge in [0.25, 0.3) is 0 Å². The van der Waals surface area contributed by atoms with Gasteiger partial charge in [-0.15, -0.1) is 0 Å². The number of nitrogens with one attached hydrogen (secondary N) is 1. The molecule has 0 saturated heterocycles. The van der Waals surface area contributed by atoms with Crippen LogP contribution in [0.15, 0.2) is 40.9 Å². The van der Waals surface area contributed by atoms with Crippen LogP contribution in [-0.4, -0.2) is 7.05 Å². The predicted octanol–water partition coefficient (Wildman–Crippen LogP) is 3.76. The third-order valence-corrected chi connectivity index (χ3v) is 3.45. The number of benzene rings is 2. The van der Waals surface area contributed by atoms with Crippen molar-refractivity contribution in [2.45, 2.75) is 13.2 Å². The van der Waals surface area contributed by atoms with E-state index >= 15 is 0 Å². The van der Waals surface area contributed by atoms with Gasteiger partial charge in [0.15, 0.2) is 0 Å². The second-order valence-electron chi connectivity index (χ2n) is 4.49. The van der Waals surface area contributed by atoms with Crippen molar-refractivity contribution in [3.8, 4) is 11.8 Å². The van der Waals surface area contributed by atoms with Crippen molar-refractivity contribution < 1.29 is 9.13 Å². The molecule has 0 aromatic heterocycles.